The van der Waals surface area contributed by atoms with Gasteiger partial charge in [0.05, 0.1) is 6.42 Å². The monoisotopic (exact) mass is 375 g/mol. The zero-order valence-corrected chi connectivity index (χ0v) is 13.3. The number of hydrogen-bond donors (Lipinski definition) is 2. The summed E-state index contributed by atoms with van der Waals surface area (Å²) in [6.45, 7) is 0. The molecule has 2 N–H and O–H groups in total. The summed E-state index contributed by atoms with van der Waals surface area (Å²) in [5, 5.41) is 8.68. The van der Waals surface area contributed by atoms with Gasteiger partial charge in [-0.2, -0.15) is 0 Å². The molecule has 106 valence electrons. The lowest BCUT2D eigenvalue weighted by atomic mass is 10.3. The molecule has 0 aliphatic rings. The molecule has 0 radical (unpaired) electrons. The fourth-order valence-corrected chi connectivity index (χ4v) is 4.14. The predicted molar refractivity (Wildman–Crippen MR) is 80.6 cm³/mol. The Hall–Kier alpha value is -1.38. The highest BCUT2D eigenvalue weighted by molar-refractivity contribution is 9.10. The van der Waals surface area contributed by atoms with E-state index in [1.165, 1.54) is 12.1 Å². The molecular formula is C12H10BrNO4S2. The second-order valence-electron chi connectivity index (χ2n) is 3.90. The van der Waals surface area contributed by atoms with Crippen LogP contribution in [0.1, 0.15) is 4.88 Å². The van der Waals surface area contributed by atoms with E-state index in [0.29, 0.717) is 10.6 Å². The van der Waals surface area contributed by atoms with Gasteiger partial charge in [-0.1, -0.05) is 15.9 Å². The molecule has 0 atom stereocenters. The van der Waals surface area contributed by atoms with Crippen LogP contribution in [0.4, 0.5) is 5.69 Å². The van der Waals surface area contributed by atoms with Gasteiger partial charge in [0.25, 0.3) is 10.0 Å². The summed E-state index contributed by atoms with van der Waals surface area (Å²) in [7, 11) is -3.68. The average Bonchev–Trinajstić information content (AvgIpc) is 2.80. The maximum absolute atomic E-state index is 12.1. The van der Waals surface area contributed by atoms with Crippen LogP contribution in [-0.4, -0.2) is 19.5 Å². The summed E-state index contributed by atoms with van der Waals surface area (Å²) in [5.74, 6) is -0.989. The molecule has 0 saturated carbocycles. The third-order valence-electron chi connectivity index (χ3n) is 2.32. The van der Waals surface area contributed by atoms with E-state index >= 15 is 0 Å². The largest absolute Gasteiger partial charge is 0.481 e. The number of nitrogens with one attached hydrogen (secondary N) is 1. The second-order valence-corrected chi connectivity index (χ2v) is 7.90. The Bertz CT molecular complexity index is 722. The lowest BCUT2D eigenvalue weighted by molar-refractivity contribution is -0.136. The van der Waals surface area contributed by atoms with Gasteiger partial charge in [-0.25, -0.2) is 8.42 Å². The number of aliphatic carboxylic acids is 1. The molecule has 0 unspecified atom stereocenters. The maximum atomic E-state index is 12.1. The minimum atomic E-state index is -3.68. The quantitative estimate of drug-likeness (QED) is 0.841. The molecule has 1 aromatic carbocycles. The van der Waals surface area contributed by atoms with Crippen molar-refractivity contribution in [2.24, 2.45) is 0 Å². The molecule has 1 heterocycles. The summed E-state index contributed by atoms with van der Waals surface area (Å²) in [6.07, 6.45) is -0.182. The molecule has 1 aromatic heterocycles. The van der Waals surface area contributed by atoms with Gasteiger partial charge in [-0.3, -0.25) is 9.52 Å². The van der Waals surface area contributed by atoms with E-state index in [1.54, 1.807) is 24.3 Å². The highest BCUT2D eigenvalue weighted by Crippen LogP contribution is 2.25. The van der Waals surface area contributed by atoms with Crippen LogP contribution in [0.5, 0.6) is 0 Å². The van der Waals surface area contributed by atoms with Gasteiger partial charge in [0, 0.05) is 15.0 Å². The number of benzene rings is 1. The van der Waals surface area contributed by atoms with Crippen molar-refractivity contribution >= 4 is 48.9 Å². The van der Waals surface area contributed by atoms with Gasteiger partial charge in [0.2, 0.25) is 0 Å². The van der Waals surface area contributed by atoms with Gasteiger partial charge < -0.3 is 5.11 Å². The lowest BCUT2D eigenvalue weighted by Gasteiger charge is -2.05. The first-order chi connectivity index (χ1) is 9.37. The summed E-state index contributed by atoms with van der Waals surface area (Å²) in [6, 6.07) is 9.63. The molecule has 0 aliphatic carbocycles. The first-order valence-electron chi connectivity index (χ1n) is 5.46. The molecule has 0 saturated heterocycles. The summed E-state index contributed by atoms with van der Waals surface area (Å²) < 4.78 is 27.6. The topological polar surface area (TPSA) is 83.5 Å². The fourth-order valence-electron chi connectivity index (χ4n) is 1.47. The van der Waals surface area contributed by atoms with Crippen LogP contribution >= 0.6 is 27.3 Å². The van der Waals surface area contributed by atoms with Crippen LogP contribution in [0.2, 0.25) is 0 Å². The number of rotatable bonds is 5. The van der Waals surface area contributed by atoms with E-state index in [1.807, 2.05) is 0 Å². The molecular weight excluding hydrogens is 366 g/mol. The molecule has 0 aliphatic heterocycles. The number of carbonyl (C=O) groups is 1. The Balaban J connectivity index is 2.19. The van der Waals surface area contributed by atoms with Crippen LogP contribution in [0.3, 0.4) is 0 Å². The van der Waals surface area contributed by atoms with Crippen molar-refractivity contribution in [3.63, 3.8) is 0 Å². The predicted octanol–water partition coefficient (Wildman–Crippen LogP) is 2.94. The summed E-state index contributed by atoms with van der Waals surface area (Å²) in [4.78, 5) is 11.1. The minimum Gasteiger partial charge on any atom is -0.481 e. The van der Waals surface area contributed by atoms with E-state index in [-0.39, 0.29) is 10.6 Å². The molecule has 0 amide bonds. The minimum absolute atomic E-state index is 0.0941. The van der Waals surface area contributed by atoms with Crippen molar-refractivity contribution < 1.29 is 18.3 Å². The maximum Gasteiger partial charge on any atom is 0.308 e. The smallest absolute Gasteiger partial charge is 0.308 e. The second kappa shape index (κ2) is 5.94. The molecule has 2 aromatic rings. The Kier molecular flexibility index (Phi) is 4.46. The third kappa shape index (κ3) is 3.81. The van der Waals surface area contributed by atoms with Gasteiger partial charge in [0.15, 0.2) is 0 Å². The number of halogens is 1. The highest BCUT2D eigenvalue weighted by Gasteiger charge is 2.17. The van der Waals surface area contributed by atoms with Crippen LogP contribution in [0, 0.1) is 0 Å². The van der Waals surface area contributed by atoms with Gasteiger partial charge in [-0.05, 0) is 36.4 Å². The van der Waals surface area contributed by atoms with Crippen molar-refractivity contribution in [3.8, 4) is 0 Å². The molecule has 0 bridgehead atoms. The lowest BCUT2D eigenvalue weighted by Crippen LogP contribution is -2.11. The van der Waals surface area contributed by atoms with E-state index in [9.17, 15) is 13.2 Å². The average molecular weight is 376 g/mol. The fraction of sp³-hybridized carbons (Fsp3) is 0.0833. The Labute approximate surface area is 128 Å². The molecule has 5 nitrogen and oxygen atoms in total. The molecule has 20 heavy (non-hydrogen) atoms. The van der Waals surface area contributed by atoms with Crippen LogP contribution in [0.25, 0.3) is 0 Å². The van der Waals surface area contributed by atoms with E-state index in [4.69, 9.17) is 5.11 Å². The van der Waals surface area contributed by atoms with E-state index in [0.717, 1.165) is 15.8 Å². The van der Waals surface area contributed by atoms with Crippen LogP contribution in [-0.2, 0) is 21.2 Å². The number of carboxylic acid groups (broad SMARTS) is 1. The zero-order chi connectivity index (χ0) is 14.8. The molecule has 8 heteroatoms. The normalized spacial score (nSPS) is 11.2. The van der Waals surface area contributed by atoms with Gasteiger partial charge >= 0.3 is 5.97 Å². The Morgan fingerprint density at radius 2 is 1.85 bits per heavy atom. The molecule has 2 rings (SSSR count). The number of thiophene rings is 1. The number of hydrogen-bond acceptors (Lipinski definition) is 4. The Morgan fingerprint density at radius 1 is 1.20 bits per heavy atom. The van der Waals surface area contributed by atoms with Crippen molar-refractivity contribution in [3.05, 3.63) is 45.7 Å². The van der Waals surface area contributed by atoms with Crippen LogP contribution < -0.4 is 4.72 Å². The SMILES string of the molecule is O=C(O)Cc1ccc(S(=O)(=O)Nc2ccc(Br)cc2)s1. The first-order valence-corrected chi connectivity index (χ1v) is 8.55. The van der Waals surface area contributed by atoms with Gasteiger partial charge in [-0.15, -0.1) is 11.3 Å². The van der Waals surface area contributed by atoms with E-state index < -0.39 is 16.0 Å². The van der Waals surface area contributed by atoms with Crippen molar-refractivity contribution in [1.82, 2.24) is 0 Å². The van der Waals surface area contributed by atoms with E-state index in [2.05, 4.69) is 20.7 Å². The number of carboxylic acids is 1. The third-order valence-corrected chi connectivity index (χ3v) is 5.81. The number of sulfonamides is 1. The van der Waals surface area contributed by atoms with Gasteiger partial charge in [0.1, 0.15) is 4.21 Å². The van der Waals surface area contributed by atoms with Crippen molar-refractivity contribution in [2.75, 3.05) is 4.72 Å². The molecule has 0 fully saturated rings. The Morgan fingerprint density at radius 3 is 2.45 bits per heavy atom. The van der Waals surface area contributed by atoms with Crippen molar-refractivity contribution in [2.45, 2.75) is 10.6 Å². The van der Waals surface area contributed by atoms with Crippen LogP contribution in [0.15, 0.2) is 45.1 Å². The summed E-state index contributed by atoms with van der Waals surface area (Å²) in [5.41, 5.74) is 0.446. The van der Waals surface area contributed by atoms with Crippen molar-refractivity contribution in [1.29, 1.82) is 0 Å². The standard InChI is InChI=1S/C12H10BrNO4S2/c13-8-1-3-9(4-2-8)14-20(17,18)12-6-5-10(19-12)7-11(15)16/h1-6,14H,7H2,(H,15,16). The highest BCUT2D eigenvalue weighted by atomic mass is 79.9. The zero-order valence-electron chi connectivity index (χ0n) is 10.0. The number of anilines is 1. The molecule has 0 spiro atoms. The summed E-state index contributed by atoms with van der Waals surface area (Å²) >= 11 is 4.22. The first kappa shape index (κ1) is 15.0.